The van der Waals surface area contributed by atoms with E-state index in [1.54, 1.807) is 36.7 Å². The summed E-state index contributed by atoms with van der Waals surface area (Å²) in [4.78, 5) is 19.9. The van der Waals surface area contributed by atoms with Gasteiger partial charge in [-0.2, -0.15) is 13.2 Å². The van der Waals surface area contributed by atoms with Crippen molar-refractivity contribution < 1.29 is 31.8 Å². The van der Waals surface area contributed by atoms with E-state index >= 15 is 0 Å². The van der Waals surface area contributed by atoms with Crippen LogP contribution in [0.25, 0.3) is 16.9 Å². The van der Waals surface area contributed by atoms with E-state index < -0.39 is 24.3 Å². The summed E-state index contributed by atoms with van der Waals surface area (Å²) in [6.45, 7) is -0.701. The third-order valence-electron chi connectivity index (χ3n) is 6.31. The highest BCUT2D eigenvalue weighted by Crippen LogP contribution is 2.35. The van der Waals surface area contributed by atoms with Crippen LogP contribution >= 0.6 is 0 Å². The van der Waals surface area contributed by atoms with Crippen LogP contribution < -0.4 is 9.47 Å². The number of imidazole rings is 1. The number of carbonyl (C=O) groups excluding carboxylic acids is 1. The number of nitrogens with zero attached hydrogens (tertiary/aromatic N) is 4. The average molecular weight is 492 g/mol. The fourth-order valence-electron chi connectivity index (χ4n) is 4.79. The van der Waals surface area contributed by atoms with Gasteiger partial charge in [0.1, 0.15) is 30.3 Å². The number of benzene rings is 1. The van der Waals surface area contributed by atoms with Gasteiger partial charge in [-0.25, -0.2) is 9.37 Å². The lowest BCUT2D eigenvalue weighted by Gasteiger charge is -2.41. The van der Waals surface area contributed by atoms with Crippen LogP contribution in [-0.2, 0) is 6.42 Å². The van der Waals surface area contributed by atoms with Crippen molar-refractivity contribution in [3.63, 3.8) is 0 Å². The molecule has 7 nitrogen and oxygen atoms in total. The molecule has 11 heteroatoms. The standard InChI is InChI=1S/C24H24F4N4O3/c1-30-11-23(25,12-30)14-35-17-4-6-32-18(10-29-20(32)9-17)16-7-15-3-5-31(13-24(26,27)28)22(33)21(15)19(8-16)34-2/h4,6-10H,3,5,11-14H2,1-2H3. The van der Waals surface area contributed by atoms with Crippen molar-refractivity contribution in [1.29, 1.82) is 0 Å². The Bertz CT molecular complexity index is 1270. The molecule has 0 saturated carbocycles. The van der Waals surface area contributed by atoms with Crippen molar-refractivity contribution in [3.05, 3.63) is 47.8 Å². The van der Waals surface area contributed by atoms with E-state index in [1.165, 1.54) is 7.11 Å². The number of amides is 1. The molecule has 3 aromatic rings. The van der Waals surface area contributed by atoms with Crippen LogP contribution in [0.1, 0.15) is 15.9 Å². The molecule has 1 fully saturated rings. The van der Waals surface area contributed by atoms with Crippen LogP contribution in [0.2, 0.25) is 0 Å². The smallest absolute Gasteiger partial charge is 0.406 e. The molecule has 0 N–H and O–H groups in total. The maximum absolute atomic E-state index is 14.4. The quantitative estimate of drug-likeness (QED) is 0.493. The van der Waals surface area contributed by atoms with Gasteiger partial charge >= 0.3 is 6.18 Å². The lowest BCUT2D eigenvalue weighted by Crippen LogP contribution is -2.60. The number of halogens is 4. The van der Waals surface area contributed by atoms with Gasteiger partial charge in [-0.15, -0.1) is 0 Å². The summed E-state index contributed by atoms with van der Waals surface area (Å²) < 4.78 is 65.9. The number of hydrogen-bond donors (Lipinski definition) is 0. The number of likely N-dealkylation sites (tertiary alicyclic amines) is 1. The predicted octanol–water partition coefficient (Wildman–Crippen LogP) is 3.60. The fourth-order valence-corrected chi connectivity index (χ4v) is 4.79. The maximum Gasteiger partial charge on any atom is 0.406 e. The van der Waals surface area contributed by atoms with Crippen LogP contribution in [0.3, 0.4) is 0 Å². The van der Waals surface area contributed by atoms with E-state index in [1.807, 2.05) is 16.3 Å². The molecule has 5 rings (SSSR count). The average Bonchev–Trinajstić information content (AvgIpc) is 3.20. The van der Waals surface area contributed by atoms with E-state index in [9.17, 15) is 22.4 Å². The van der Waals surface area contributed by atoms with Crippen LogP contribution in [0, 0.1) is 0 Å². The summed E-state index contributed by atoms with van der Waals surface area (Å²) in [5, 5.41) is 0. The Labute approximate surface area is 198 Å². The minimum absolute atomic E-state index is 0.0301. The Morgan fingerprint density at radius 1 is 1.20 bits per heavy atom. The first kappa shape index (κ1) is 23.4. The van der Waals surface area contributed by atoms with E-state index in [2.05, 4.69) is 4.98 Å². The minimum Gasteiger partial charge on any atom is -0.496 e. The molecule has 0 radical (unpaired) electrons. The van der Waals surface area contributed by atoms with Crippen molar-refractivity contribution in [2.45, 2.75) is 18.3 Å². The zero-order valence-electron chi connectivity index (χ0n) is 19.2. The summed E-state index contributed by atoms with van der Waals surface area (Å²) in [7, 11) is 3.23. The summed E-state index contributed by atoms with van der Waals surface area (Å²) in [5.41, 5.74) is 1.42. The first-order valence-electron chi connectivity index (χ1n) is 11.1. The molecule has 2 aliphatic heterocycles. The summed E-state index contributed by atoms with van der Waals surface area (Å²) in [5.74, 6) is 0.0118. The second kappa shape index (κ2) is 8.40. The highest BCUT2D eigenvalue weighted by atomic mass is 19.4. The molecular formula is C24H24F4N4O3. The lowest BCUT2D eigenvalue weighted by molar-refractivity contribution is -0.141. The van der Waals surface area contributed by atoms with Gasteiger partial charge in [-0.1, -0.05) is 0 Å². The number of hydrogen-bond acceptors (Lipinski definition) is 5. The van der Waals surface area contributed by atoms with E-state index in [4.69, 9.17) is 9.47 Å². The van der Waals surface area contributed by atoms with Crippen molar-refractivity contribution in [3.8, 4) is 22.8 Å². The minimum atomic E-state index is -4.47. The molecule has 0 unspecified atom stereocenters. The second-order valence-corrected chi connectivity index (χ2v) is 9.15. The van der Waals surface area contributed by atoms with Crippen molar-refractivity contribution in [2.75, 3.05) is 46.9 Å². The summed E-state index contributed by atoms with van der Waals surface area (Å²) in [6.07, 6.45) is -0.792. The van der Waals surface area contributed by atoms with Crippen LogP contribution in [0.15, 0.2) is 36.7 Å². The topological polar surface area (TPSA) is 59.3 Å². The largest absolute Gasteiger partial charge is 0.496 e. The number of pyridine rings is 1. The van der Waals surface area contributed by atoms with Crippen LogP contribution in [0.4, 0.5) is 17.6 Å². The van der Waals surface area contributed by atoms with Gasteiger partial charge < -0.3 is 14.4 Å². The molecule has 1 aromatic carbocycles. The summed E-state index contributed by atoms with van der Waals surface area (Å²) in [6, 6.07) is 6.84. The van der Waals surface area contributed by atoms with Gasteiger partial charge in [0.15, 0.2) is 5.67 Å². The predicted molar refractivity (Wildman–Crippen MR) is 120 cm³/mol. The number of fused-ring (bicyclic) bond motifs is 2. The Morgan fingerprint density at radius 3 is 2.66 bits per heavy atom. The molecule has 4 heterocycles. The third-order valence-corrected chi connectivity index (χ3v) is 6.31. The van der Waals surface area contributed by atoms with Gasteiger partial charge in [0, 0.05) is 37.5 Å². The highest BCUT2D eigenvalue weighted by Gasteiger charge is 2.42. The van der Waals surface area contributed by atoms with Crippen molar-refractivity contribution in [1.82, 2.24) is 19.2 Å². The first-order valence-corrected chi connectivity index (χ1v) is 11.1. The van der Waals surface area contributed by atoms with Gasteiger partial charge in [-0.05, 0) is 37.2 Å². The molecule has 0 aliphatic carbocycles. The molecule has 2 aliphatic rings. The highest BCUT2D eigenvalue weighted by molar-refractivity contribution is 6.00. The number of ether oxygens (including phenoxy) is 2. The van der Waals surface area contributed by atoms with Gasteiger partial charge in [0.05, 0.1) is 24.6 Å². The van der Waals surface area contributed by atoms with E-state index in [0.717, 1.165) is 4.90 Å². The number of aromatic nitrogens is 2. The molecule has 1 saturated heterocycles. The zero-order chi connectivity index (χ0) is 25.0. The molecular weight excluding hydrogens is 468 g/mol. The molecule has 2 aromatic heterocycles. The van der Waals surface area contributed by atoms with Crippen LogP contribution in [-0.4, -0.2) is 83.9 Å². The van der Waals surface area contributed by atoms with Crippen molar-refractivity contribution in [2.24, 2.45) is 0 Å². The lowest BCUT2D eigenvalue weighted by atomic mass is 9.94. The normalized spacial score (nSPS) is 17.9. The second-order valence-electron chi connectivity index (χ2n) is 9.15. The Hall–Kier alpha value is -3.34. The molecule has 0 bridgehead atoms. The van der Waals surface area contributed by atoms with E-state index in [0.29, 0.717) is 41.3 Å². The van der Waals surface area contributed by atoms with Gasteiger partial charge in [-0.3, -0.25) is 14.1 Å². The maximum atomic E-state index is 14.4. The Morgan fingerprint density at radius 2 is 1.97 bits per heavy atom. The molecule has 1 amide bonds. The van der Waals surface area contributed by atoms with Gasteiger partial charge in [0.25, 0.3) is 5.91 Å². The fraction of sp³-hybridized carbons (Fsp3) is 0.417. The number of carbonyl (C=O) groups is 1. The number of rotatable bonds is 6. The first-order chi connectivity index (χ1) is 16.5. The van der Waals surface area contributed by atoms with Crippen LogP contribution in [0.5, 0.6) is 11.5 Å². The Balaban J connectivity index is 1.42. The van der Waals surface area contributed by atoms with Crippen molar-refractivity contribution >= 4 is 11.6 Å². The molecule has 35 heavy (non-hydrogen) atoms. The number of alkyl halides is 4. The summed E-state index contributed by atoms with van der Waals surface area (Å²) >= 11 is 0. The zero-order valence-corrected chi connectivity index (χ0v) is 19.2. The molecule has 0 spiro atoms. The van der Waals surface area contributed by atoms with Gasteiger partial charge in [0.2, 0.25) is 0 Å². The van der Waals surface area contributed by atoms with E-state index in [-0.39, 0.29) is 30.9 Å². The molecule has 0 atom stereocenters. The molecule has 186 valence electrons. The third kappa shape index (κ3) is 4.52. The Kier molecular flexibility index (Phi) is 5.62. The number of methoxy groups -OCH3 is 1. The monoisotopic (exact) mass is 492 g/mol. The SMILES string of the molecule is COc1cc(-c2cnc3cc(OCC4(F)CN(C)C4)ccn23)cc2c1C(=O)N(CC(F)(F)F)CC2.